The van der Waals surface area contributed by atoms with Crippen LogP contribution in [0.3, 0.4) is 0 Å². The number of carboxylic acid groups (broad SMARTS) is 1. The SMILES string of the molecule is CC(C)(C)OC(=O)NC1(C(=O)O)CC1CCN. The van der Waals surface area contributed by atoms with Gasteiger partial charge in [0.1, 0.15) is 11.1 Å². The Morgan fingerprint density at radius 2 is 2.12 bits per heavy atom. The smallest absolute Gasteiger partial charge is 0.408 e. The van der Waals surface area contributed by atoms with E-state index in [1.54, 1.807) is 20.8 Å². The quantitative estimate of drug-likeness (QED) is 0.675. The maximum absolute atomic E-state index is 11.5. The van der Waals surface area contributed by atoms with E-state index in [9.17, 15) is 9.59 Å². The number of nitrogens with two attached hydrogens (primary N) is 1. The van der Waals surface area contributed by atoms with Crippen LogP contribution >= 0.6 is 0 Å². The molecule has 2 unspecified atom stereocenters. The van der Waals surface area contributed by atoms with Gasteiger partial charge in [-0.3, -0.25) is 0 Å². The van der Waals surface area contributed by atoms with Crippen molar-refractivity contribution in [3.05, 3.63) is 0 Å². The second-order valence-electron chi connectivity index (χ2n) is 5.38. The summed E-state index contributed by atoms with van der Waals surface area (Å²) in [6.45, 7) is 5.59. The molecule has 17 heavy (non-hydrogen) atoms. The molecule has 1 fully saturated rings. The molecule has 98 valence electrons. The highest BCUT2D eigenvalue weighted by Gasteiger charge is 2.61. The van der Waals surface area contributed by atoms with Gasteiger partial charge < -0.3 is 20.9 Å². The summed E-state index contributed by atoms with van der Waals surface area (Å²) in [4.78, 5) is 22.7. The van der Waals surface area contributed by atoms with Crippen LogP contribution in [0.1, 0.15) is 33.6 Å². The highest BCUT2D eigenvalue weighted by atomic mass is 16.6. The molecule has 6 nitrogen and oxygen atoms in total. The van der Waals surface area contributed by atoms with E-state index >= 15 is 0 Å². The Kier molecular flexibility index (Phi) is 3.66. The molecular weight excluding hydrogens is 224 g/mol. The summed E-state index contributed by atoms with van der Waals surface area (Å²) in [5.74, 6) is -1.13. The fraction of sp³-hybridized carbons (Fsp3) is 0.818. The molecule has 0 spiro atoms. The summed E-state index contributed by atoms with van der Waals surface area (Å²) in [7, 11) is 0. The Bertz CT molecular complexity index is 324. The third-order valence-corrected chi connectivity index (χ3v) is 2.73. The third kappa shape index (κ3) is 3.33. The van der Waals surface area contributed by atoms with Crippen molar-refractivity contribution in [2.75, 3.05) is 6.54 Å². The normalized spacial score (nSPS) is 27.4. The van der Waals surface area contributed by atoms with Crippen LogP contribution < -0.4 is 11.1 Å². The molecule has 2 atom stereocenters. The number of alkyl carbamates (subject to hydrolysis) is 1. The van der Waals surface area contributed by atoms with Gasteiger partial charge in [0.25, 0.3) is 0 Å². The molecule has 0 bridgehead atoms. The lowest BCUT2D eigenvalue weighted by atomic mass is 10.1. The van der Waals surface area contributed by atoms with Gasteiger partial charge in [-0.2, -0.15) is 0 Å². The summed E-state index contributed by atoms with van der Waals surface area (Å²) in [6, 6.07) is 0. The second-order valence-corrected chi connectivity index (χ2v) is 5.38. The van der Waals surface area contributed by atoms with Crippen molar-refractivity contribution in [3.8, 4) is 0 Å². The summed E-state index contributed by atoms with van der Waals surface area (Å²) in [6.07, 6.45) is 0.306. The van der Waals surface area contributed by atoms with Crippen molar-refractivity contribution in [1.82, 2.24) is 5.32 Å². The van der Waals surface area contributed by atoms with E-state index in [4.69, 9.17) is 15.6 Å². The van der Waals surface area contributed by atoms with Crippen LogP contribution in [0.5, 0.6) is 0 Å². The lowest BCUT2D eigenvalue weighted by molar-refractivity contribution is -0.141. The van der Waals surface area contributed by atoms with E-state index in [2.05, 4.69) is 5.32 Å². The van der Waals surface area contributed by atoms with Gasteiger partial charge in [-0.05, 0) is 46.1 Å². The molecule has 0 aromatic heterocycles. The maximum Gasteiger partial charge on any atom is 0.408 e. The topological polar surface area (TPSA) is 102 Å². The average molecular weight is 244 g/mol. The zero-order valence-electron chi connectivity index (χ0n) is 10.4. The van der Waals surface area contributed by atoms with Gasteiger partial charge in [-0.1, -0.05) is 0 Å². The maximum atomic E-state index is 11.5. The first-order valence-electron chi connectivity index (χ1n) is 5.66. The van der Waals surface area contributed by atoms with Gasteiger partial charge in [0.05, 0.1) is 0 Å². The zero-order chi connectivity index (χ0) is 13.3. The lowest BCUT2D eigenvalue weighted by Gasteiger charge is -2.22. The van der Waals surface area contributed by atoms with Gasteiger partial charge in [0.15, 0.2) is 0 Å². The molecule has 0 aromatic carbocycles. The van der Waals surface area contributed by atoms with Crippen LogP contribution in [0.15, 0.2) is 0 Å². The number of ether oxygens (including phenoxy) is 1. The number of amides is 1. The average Bonchev–Trinajstić information content (AvgIpc) is 2.76. The Labute approximate surface area is 101 Å². The molecule has 1 rings (SSSR count). The van der Waals surface area contributed by atoms with E-state index in [-0.39, 0.29) is 5.92 Å². The van der Waals surface area contributed by atoms with Gasteiger partial charge in [0, 0.05) is 0 Å². The Morgan fingerprint density at radius 1 is 1.53 bits per heavy atom. The molecule has 1 aliphatic carbocycles. The largest absolute Gasteiger partial charge is 0.479 e. The fourth-order valence-corrected chi connectivity index (χ4v) is 1.83. The van der Waals surface area contributed by atoms with Crippen LogP contribution in [-0.2, 0) is 9.53 Å². The zero-order valence-corrected chi connectivity index (χ0v) is 10.4. The number of carbonyl (C=O) groups excluding carboxylic acids is 1. The molecule has 1 aliphatic rings. The summed E-state index contributed by atoms with van der Waals surface area (Å²) >= 11 is 0. The standard InChI is InChI=1S/C11H20N2O4/c1-10(2,3)17-9(16)13-11(8(14)15)6-7(11)4-5-12/h7H,4-6,12H2,1-3H3,(H,13,16)(H,14,15). The highest BCUT2D eigenvalue weighted by Crippen LogP contribution is 2.46. The lowest BCUT2D eigenvalue weighted by Crippen LogP contribution is -2.47. The van der Waals surface area contributed by atoms with E-state index in [0.29, 0.717) is 19.4 Å². The fourth-order valence-electron chi connectivity index (χ4n) is 1.83. The molecule has 4 N–H and O–H groups in total. The predicted octanol–water partition coefficient (Wildman–Crippen LogP) is 0.703. The second kappa shape index (κ2) is 4.52. The molecule has 6 heteroatoms. The Hall–Kier alpha value is -1.30. The van der Waals surface area contributed by atoms with E-state index in [1.807, 2.05) is 0 Å². The van der Waals surface area contributed by atoms with Crippen LogP contribution in [-0.4, -0.2) is 34.9 Å². The van der Waals surface area contributed by atoms with Crippen molar-refractivity contribution in [3.63, 3.8) is 0 Å². The molecule has 1 saturated carbocycles. The molecule has 0 heterocycles. The number of rotatable bonds is 4. The third-order valence-electron chi connectivity index (χ3n) is 2.73. The minimum atomic E-state index is -1.18. The van der Waals surface area contributed by atoms with Crippen molar-refractivity contribution in [2.45, 2.75) is 44.8 Å². The van der Waals surface area contributed by atoms with Crippen LogP contribution in [0.4, 0.5) is 4.79 Å². The molecule has 0 aromatic rings. The number of carbonyl (C=O) groups is 2. The first kappa shape index (κ1) is 13.8. The molecular formula is C11H20N2O4. The Morgan fingerprint density at radius 3 is 2.53 bits per heavy atom. The van der Waals surface area contributed by atoms with Crippen molar-refractivity contribution in [2.24, 2.45) is 11.7 Å². The highest BCUT2D eigenvalue weighted by molar-refractivity contribution is 5.88. The van der Waals surface area contributed by atoms with Crippen LogP contribution in [0.25, 0.3) is 0 Å². The predicted molar refractivity (Wildman–Crippen MR) is 61.5 cm³/mol. The number of carboxylic acids is 1. The van der Waals surface area contributed by atoms with Gasteiger partial charge in [0.2, 0.25) is 0 Å². The first-order chi connectivity index (χ1) is 7.71. The van der Waals surface area contributed by atoms with E-state index in [0.717, 1.165) is 0 Å². The number of aliphatic carboxylic acids is 1. The van der Waals surface area contributed by atoms with Gasteiger partial charge in [-0.15, -0.1) is 0 Å². The summed E-state index contributed by atoms with van der Waals surface area (Å²) in [5, 5.41) is 11.6. The van der Waals surface area contributed by atoms with E-state index in [1.165, 1.54) is 0 Å². The van der Waals surface area contributed by atoms with Gasteiger partial charge in [-0.25, -0.2) is 9.59 Å². The van der Waals surface area contributed by atoms with Gasteiger partial charge >= 0.3 is 12.1 Å². The number of nitrogens with one attached hydrogen (secondary N) is 1. The molecule has 0 radical (unpaired) electrons. The van der Waals surface area contributed by atoms with E-state index < -0.39 is 23.2 Å². The minimum Gasteiger partial charge on any atom is -0.479 e. The Balaban J connectivity index is 2.59. The summed E-state index contributed by atoms with van der Waals surface area (Å²) in [5.41, 5.74) is 3.57. The van der Waals surface area contributed by atoms with Crippen LogP contribution in [0.2, 0.25) is 0 Å². The summed E-state index contributed by atoms with van der Waals surface area (Å²) < 4.78 is 5.05. The van der Waals surface area contributed by atoms with Crippen molar-refractivity contribution < 1.29 is 19.4 Å². The van der Waals surface area contributed by atoms with Crippen molar-refractivity contribution in [1.29, 1.82) is 0 Å². The van der Waals surface area contributed by atoms with Crippen LogP contribution in [0, 0.1) is 5.92 Å². The number of hydrogen-bond acceptors (Lipinski definition) is 4. The minimum absolute atomic E-state index is 0.0995. The van der Waals surface area contributed by atoms with Crippen molar-refractivity contribution >= 4 is 12.1 Å². The number of hydrogen-bond donors (Lipinski definition) is 3. The monoisotopic (exact) mass is 244 g/mol. The molecule has 1 amide bonds. The first-order valence-corrected chi connectivity index (χ1v) is 5.66. The molecule has 0 aliphatic heterocycles. The molecule has 0 saturated heterocycles.